The van der Waals surface area contributed by atoms with Crippen molar-refractivity contribution in [2.24, 2.45) is 0 Å². The van der Waals surface area contributed by atoms with E-state index >= 15 is 0 Å². The number of amides is 3. The molecule has 0 saturated carbocycles. The van der Waals surface area contributed by atoms with Crippen LogP contribution < -0.4 is 9.80 Å². The number of fused-ring (bicyclic) bond motifs is 3. The van der Waals surface area contributed by atoms with E-state index in [2.05, 4.69) is 0 Å². The Morgan fingerprint density at radius 2 is 1.47 bits per heavy atom. The highest BCUT2D eigenvalue weighted by Gasteiger charge is 2.47. The topological polar surface area (TPSA) is 76.2 Å². The summed E-state index contributed by atoms with van der Waals surface area (Å²) in [6, 6.07) is 7.79. The molecule has 1 atom stereocenters. The zero-order valence-corrected chi connectivity index (χ0v) is 21.6. The third-order valence-corrected chi connectivity index (χ3v) is 5.58. The number of imide groups is 1. The number of hydrogen-bond donors (Lipinski definition) is 0. The van der Waals surface area contributed by atoms with E-state index in [4.69, 9.17) is 21.1 Å². The minimum absolute atomic E-state index is 0.0418. The lowest BCUT2D eigenvalue weighted by Crippen LogP contribution is -2.44. The second kappa shape index (κ2) is 9.46. The molecule has 1 aliphatic heterocycles. The van der Waals surface area contributed by atoms with E-state index in [9.17, 15) is 27.6 Å². The SMILES string of the molecule is CC(C)(C)OC(=O)N(C(=O)OC(C)(C)C)c1cc2c(c3ccccc13)C(CCl)CN2C(=O)C(F)(F)F. The molecule has 0 spiro atoms. The molecule has 7 nitrogen and oxygen atoms in total. The Hall–Kier alpha value is -3.01. The lowest BCUT2D eigenvalue weighted by molar-refractivity contribution is -0.170. The molecule has 0 aromatic heterocycles. The van der Waals surface area contributed by atoms with Gasteiger partial charge in [0.05, 0.1) is 11.4 Å². The second-order valence-corrected chi connectivity index (χ2v) is 10.7. The van der Waals surface area contributed by atoms with Crippen molar-refractivity contribution in [3.8, 4) is 0 Å². The van der Waals surface area contributed by atoms with Crippen LogP contribution in [-0.2, 0) is 14.3 Å². The molecular formula is C25H28ClF3N2O5. The average Bonchev–Trinajstić information content (AvgIpc) is 3.08. The summed E-state index contributed by atoms with van der Waals surface area (Å²) in [6.45, 7) is 9.33. The van der Waals surface area contributed by atoms with E-state index in [1.54, 1.807) is 65.8 Å². The molecule has 3 amide bonds. The Morgan fingerprint density at radius 1 is 0.972 bits per heavy atom. The van der Waals surface area contributed by atoms with Crippen LogP contribution in [0.3, 0.4) is 0 Å². The van der Waals surface area contributed by atoms with Gasteiger partial charge in [-0.05, 0) is 58.6 Å². The van der Waals surface area contributed by atoms with Crippen molar-refractivity contribution in [1.29, 1.82) is 0 Å². The molecule has 0 radical (unpaired) electrons. The van der Waals surface area contributed by atoms with Crippen LogP contribution in [-0.4, -0.2) is 47.9 Å². The Balaban J connectivity index is 2.32. The van der Waals surface area contributed by atoms with Crippen molar-refractivity contribution in [1.82, 2.24) is 0 Å². The average molecular weight is 529 g/mol. The molecule has 1 unspecified atom stereocenters. The van der Waals surface area contributed by atoms with Gasteiger partial charge in [-0.25, -0.2) is 9.59 Å². The molecule has 0 N–H and O–H groups in total. The fourth-order valence-electron chi connectivity index (χ4n) is 3.97. The molecule has 1 aliphatic rings. The van der Waals surface area contributed by atoms with Crippen LogP contribution in [0.15, 0.2) is 30.3 Å². The van der Waals surface area contributed by atoms with Gasteiger partial charge in [0.25, 0.3) is 0 Å². The maximum atomic E-state index is 13.4. The number of benzene rings is 2. The first-order valence-electron chi connectivity index (χ1n) is 11.2. The van der Waals surface area contributed by atoms with E-state index in [-0.39, 0.29) is 23.8 Å². The first-order valence-corrected chi connectivity index (χ1v) is 11.7. The molecule has 3 rings (SSSR count). The number of hydrogen-bond acceptors (Lipinski definition) is 5. The Bertz CT molecular complexity index is 1170. The number of halogens is 4. The van der Waals surface area contributed by atoms with Crippen molar-refractivity contribution in [3.05, 3.63) is 35.9 Å². The summed E-state index contributed by atoms with van der Waals surface area (Å²) >= 11 is 6.09. The summed E-state index contributed by atoms with van der Waals surface area (Å²) in [7, 11) is 0. The molecule has 11 heteroatoms. The second-order valence-electron chi connectivity index (χ2n) is 10.4. The predicted molar refractivity (Wildman–Crippen MR) is 131 cm³/mol. The van der Waals surface area contributed by atoms with Gasteiger partial charge in [0.2, 0.25) is 0 Å². The standard InChI is InChI=1S/C25H28ClF3N2O5/c1-23(2,3)35-21(33)31(22(34)36-24(4,5)6)17-11-18-19(16-10-8-7-9-15(16)17)14(12-26)13-30(18)20(32)25(27,28)29/h7-11,14H,12-13H2,1-6H3. The van der Waals surface area contributed by atoms with Crippen LogP contribution in [0, 0.1) is 0 Å². The number of nitrogens with zero attached hydrogens (tertiary/aromatic N) is 2. The molecule has 0 aliphatic carbocycles. The van der Waals surface area contributed by atoms with E-state index in [0.29, 0.717) is 26.1 Å². The molecule has 36 heavy (non-hydrogen) atoms. The molecule has 0 bridgehead atoms. The minimum Gasteiger partial charge on any atom is -0.443 e. The summed E-state index contributed by atoms with van der Waals surface area (Å²) in [4.78, 5) is 40.0. The maximum absolute atomic E-state index is 13.4. The normalized spacial score (nSPS) is 16.1. The van der Waals surface area contributed by atoms with E-state index in [1.807, 2.05) is 0 Å². The zero-order valence-electron chi connectivity index (χ0n) is 20.8. The highest BCUT2D eigenvalue weighted by atomic mass is 35.5. The molecular weight excluding hydrogens is 501 g/mol. The van der Waals surface area contributed by atoms with Gasteiger partial charge in [0.15, 0.2) is 0 Å². The van der Waals surface area contributed by atoms with E-state index in [0.717, 1.165) is 0 Å². The van der Waals surface area contributed by atoms with Crippen molar-refractivity contribution >= 4 is 51.8 Å². The number of anilines is 2. The lowest BCUT2D eigenvalue weighted by atomic mass is 9.94. The number of ether oxygens (including phenoxy) is 2. The molecule has 2 aromatic carbocycles. The quantitative estimate of drug-likeness (QED) is 0.403. The van der Waals surface area contributed by atoms with Gasteiger partial charge in [-0.1, -0.05) is 24.3 Å². The fraction of sp³-hybridized carbons (Fsp3) is 0.480. The first-order chi connectivity index (χ1) is 16.4. The highest BCUT2D eigenvalue weighted by molar-refractivity contribution is 6.20. The van der Waals surface area contributed by atoms with Crippen LogP contribution in [0.1, 0.15) is 53.0 Å². The zero-order chi connectivity index (χ0) is 27.2. The van der Waals surface area contributed by atoms with Gasteiger partial charge in [0, 0.05) is 23.7 Å². The van der Waals surface area contributed by atoms with Gasteiger partial charge in [-0.15, -0.1) is 11.6 Å². The molecule has 1 heterocycles. The number of carbonyl (C=O) groups is 3. The van der Waals surface area contributed by atoms with Crippen molar-refractivity contribution in [2.75, 3.05) is 22.2 Å². The van der Waals surface area contributed by atoms with Gasteiger partial charge in [0.1, 0.15) is 11.2 Å². The molecule has 0 saturated heterocycles. The number of rotatable bonds is 2. The Morgan fingerprint density at radius 3 is 1.92 bits per heavy atom. The third-order valence-electron chi connectivity index (χ3n) is 5.21. The molecule has 0 fully saturated rings. The van der Waals surface area contributed by atoms with Crippen LogP contribution in [0.5, 0.6) is 0 Å². The highest BCUT2D eigenvalue weighted by Crippen LogP contribution is 2.47. The van der Waals surface area contributed by atoms with E-state index in [1.165, 1.54) is 6.07 Å². The van der Waals surface area contributed by atoms with Gasteiger partial charge < -0.3 is 14.4 Å². The summed E-state index contributed by atoms with van der Waals surface area (Å²) < 4.78 is 51.2. The largest absolute Gasteiger partial charge is 0.471 e. The van der Waals surface area contributed by atoms with Crippen LogP contribution >= 0.6 is 11.6 Å². The van der Waals surface area contributed by atoms with Gasteiger partial charge >= 0.3 is 24.3 Å². The lowest BCUT2D eigenvalue weighted by Gasteiger charge is -2.30. The van der Waals surface area contributed by atoms with Crippen molar-refractivity contribution in [3.63, 3.8) is 0 Å². The molecule has 2 aromatic rings. The summed E-state index contributed by atoms with van der Waals surface area (Å²) in [5.74, 6) is -2.71. The Labute approximate surface area is 212 Å². The first kappa shape index (κ1) is 27.6. The summed E-state index contributed by atoms with van der Waals surface area (Å²) in [5.41, 5.74) is -1.73. The van der Waals surface area contributed by atoms with Gasteiger partial charge in [-0.3, -0.25) is 4.79 Å². The predicted octanol–water partition coefficient (Wildman–Crippen LogP) is 6.75. The Kier molecular flexibility index (Phi) is 7.25. The smallest absolute Gasteiger partial charge is 0.443 e. The third kappa shape index (κ3) is 5.69. The fourth-order valence-corrected chi connectivity index (χ4v) is 4.22. The number of alkyl halides is 4. The summed E-state index contributed by atoms with van der Waals surface area (Å²) in [6.07, 6.45) is -7.30. The minimum atomic E-state index is -5.14. The monoisotopic (exact) mass is 528 g/mol. The van der Waals surface area contributed by atoms with E-state index < -0.39 is 41.4 Å². The summed E-state index contributed by atoms with van der Waals surface area (Å²) in [5, 5.41) is 0.828. The van der Waals surface area contributed by atoms with Gasteiger partial charge in [-0.2, -0.15) is 18.1 Å². The van der Waals surface area contributed by atoms with Crippen LogP contribution in [0.25, 0.3) is 10.8 Å². The van der Waals surface area contributed by atoms with Crippen LogP contribution in [0.2, 0.25) is 0 Å². The van der Waals surface area contributed by atoms with Crippen molar-refractivity contribution in [2.45, 2.75) is 64.8 Å². The van der Waals surface area contributed by atoms with Crippen LogP contribution in [0.4, 0.5) is 34.1 Å². The van der Waals surface area contributed by atoms with Crippen molar-refractivity contribution < 1.29 is 37.0 Å². The molecule has 196 valence electrons. The number of carbonyl (C=O) groups excluding carboxylic acids is 3. The maximum Gasteiger partial charge on any atom is 0.471 e.